The van der Waals surface area contributed by atoms with Gasteiger partial charge in [0.25, 0.3) is 0 Å². The minimum absolute atomic E-state index is 0.172. The van der Waals surface area contributed by atoms with Crippen molar-refractivity contribution in [3.63, 3.8) is 0 Å². The van der Waals surface area contributed by atoms with Crippen LogP contribution in [-0.2, 0) is 13.0 Å². The predicted molar refractivity (Wildman–Crippen MR) is 102 cm³/mol. The highest BCUT2D eigenvalue weighted by molar-refractivity contribution is 7.98. The van der Waals surface area contributed by atoms with Crippen molar-refractivity contribution in [3.8, 4) is 11.5 Å². The van der Waals surface area contributed by atoms with Gasteiger partial charge in [-0.25, -0.2) is 4.79 Å². The van der Waals surface area contributed by atoms with Crippen LogP contribution in [0.1, 0.15) is 11.1 Å². The molecule has 0 spiro atoms. The lowest BCUT2D eigenvalue weighted by Gasteiger charge is -2.11. The second-order valence-electron chi connectivity index (χ2n) is 5.40. The first kappa shape index (κ1) is 19.0. The molecule has 0 aliphatic carbocycles. The van der Waals surface area contributed by atoms with Gasteiger partial charge in [0.15, 0.2) is 11.5 Å². The Morgan fingerprint density at radius 1 is 0.960 bits per heavy atom. The summed E-state index contributed by atoms with van der Waals surface area (Å²) < 4.78 is 10.5. The van der Waals surface area contributed by atoms with Gasteiger partial charge in [0.2, 0.25) is 0 Å². The number of benzene rings is 2. The maximum absolute atomic E-state index is 11.9. The maximum Gasteiger partial charge on any atom is 0.315 e. The van der Waals surface area contributed by atoms with E-state index < -0.39 is 0 Å². The number of ether oxygens (including phenoxy) is 2. The lowest BCUT2D eigenvalue weighted by Crippen LogP contribution is -2.36. The molecule has 0 saturated heterocycles. The number of carbonyl (C=O) groups excluding carboxylic acids is 1. The van der Waals surface area contributed by atoms with Crippen molar-refractivity contribution in [2.24, 2.45) is 0 Å². The molecule has 2 aromatic rings. The lowest BCUT2D eigenvalue weighted by atomic mass is 10.1. The number of nitrogens with one attached hydrogen (secondary N) is 2. The summed E-state index contributed by atoms with van der Waals surface area (Å²) >= 11 is 1.70. The van der Waals surface area contributed by atoms with Gasteiger partial charge < -0.3 is 20.1 Å². The molecular weight excluding hydrogens is 336 g/mol. The van der Waals surface area contributed by atoms with E-state index in [4.69, 9.17) is 9.47 Å². The summed E-state index contributed by atoms with van der Waals surface area (Å²) in [7, 11) is 3.22. The quantitative estimate of drug-likeness (QED) is 0.708. The summed E-state index contributed by atoms with van der Waals surface area (Å²) in [4.78, 5) is 13.1. The summed E-state index contributed by atoms with van der Waals surface area (Å²) in [6.45, 7) is 1.06. The predicted octanol–water partition coefficient (Wildman–Crippen LogP) is 3.47. The van der Waals surface area contributed by atoms with E-state index in [1.165, 1.54) is 4.90 Å². The lowest BCUT2D eigenvalue weighted by molar-refractivity contribution is 0.240. The van der Waals surface area contributed by atoms with E-state index in [1.54, 1.807) is 26.0 Å². The molecule has 0 aliphatic heterocycles. The van der Waals surface area contributed by atoms with E-state index in [0.29, 0.717) is 24.6 Å². The number of carbonyl (C=O) groups is 1. The molecule has 5 nitrogen and oxygen atoms in total. The third-order valence-electron chi connectivity index (χ3n) is 3.76. The molecule has 134 valence electrons. The average molecular weight is 360 g/mol. The van der Waals surface area contributed by atoms with Gasteiger partial charge in [-0.2, -0.15) is 0 Å². The van der Waals surface area contributed by atoms with Crippen LogP contribution in [0.2, 0.25) is 0 Å². The van der Waals surface area contributed by atoms with Crippen LogP contribution >= 0.6 is 11.8 Å². The Morgan fingerprint density at radius 3 is 2.28 bits per heavy atom. The number of thioether (sulfide) groups is 1. The van der Waals surface area contributed by atoms with Crippen molar-refractivity contribution in [2.75, 3.05) is 27.0 Å². The zero-order chi connectivity index (χ0) is 18.1. The van der Waals surface area contributed by atoms with Crippen molar-refractivity contribution in [2.45, 2.75) is 17.9 Å². The SMILES string of the molecule is COc1ccc(CCNC(=O)NCc2ccc(SC)cc2)cc1OC. The number of hydrogen-bond acceptors (Lipinski definition) is 4. The molecule has 0 atom stereocenters. The Labute approximate surface area is 153 Å². The van der Waals surface area contributed by atoms with Crippen LogP contribution in [0.25, 0.3) is 0 Å². The molecule has 25 heavy (non-hydrogen) atoms. The minimum atomic E-state index is -0.172. The van der Waals surface area contributed by atoms with Crippen LogP contribution in [0.3, 0.4) is 0 Å². The molecule has 0 aromatic heterocycles. The van der Waals surface area contributed by atoms with E-state index in [1.807, 2.05) is 36.6 Å². The molecule has 0 radical (unpaired) electrons. The van der Waals surface area contributed by atoms with Gasteiger partial charge in [-0.3, -0.25) is 0 Å². The van der Waals surface area contributed by atoms with E-state index in [2.05, 4.69) is 22.8 Å². The fourth-order valence-corrected chi connectivity index (χ4v) is 2.75. The Balaban J connectivity index is 1.74. The fourth-order valence-electron chi connectivity index (χ4n) is 2.34. The summed E-state index contributed by atoms with van der Waals surface area (Å²) in [5.74, 6) is 1.39. The summed E-state index contributed by atoms with van der Waals surface area (Å²) in [5, 5.41) is 5.73. The van der Waals surface area contributed by atoms with Crippen LogP contribution in [0.5, 0.6) is 11.5 Å². The molecular formula is C19H24N2O3S. The van der Waals surface area contributed by atoms with Crippen molar-refractivity contribution >= 4 is 17.8 Å². The molecule has 0 saturated carbocycles. The summed E-state index contributed by atoms with van der Waals surface area (Å²) in [5.41, 5.74) is 2.15. The molecule has 0 aliphatic rings. The molecule has 6 heteroatoms. The van der Waals surface area contributed by atoms with Crippen LogP contribution in [-0.4, -0.2) is 33.1 Å². The zero-order valence-corrected chi connectivity index (χ0v) is 15.6. The van der Waals surface area contributed by atoms with Gasteiger partial charge in [-0.15, -0.1) is 11.8 Å². The number of hydrogen-bond donors (Lipinski definition) is 2. The number of methoxy groups -OCH3 is 2. The second-order valence-corrected chi connectivity index (χ2v) is 6.28. The Hall–Kier alpha value is -2.34. The van der Waals surface area contributed by atoms with Gasteiger partial charge >= 0.3 is 6.03 Å². The first-order valence-corrected chi connectivity index (χ1v) is 9.24. The summed E-state index contributed by atoms with van der Waals surface area (Å²) in [6, 6.07) is 13.7. The molecule has 0 fully saturated rings. The van der Waals surface area contributed by atoms with E-state index in [-0.39, 0.29) is 6.03 Å². The number of urea groups is 1. The Bertz CT molecular complexity index is 690. The highest BCUT2D eigenvalue weighted by atomic mass is 32.2. The second kappa shape index (κ2) is 9.84. The molecule has 0 heterocycles. The fraction of sp³-hybridized carbons (Fsp3) is 0.316. The van der Waals surface area contributed by atoms with Crippen molar-refractivity contribution in [1.82, 2.24) is 10.6 Å². The largest absolute Gasteiger partial charge is 0.493 e. The highest BCUT2D eigenvalue weighted by Gasteiger charge is 2.05. The van der Waals surface area contributed by atoms with Crippen LogP contribution in [0, 0.1) is 0 Å². The molecule has 0 bridgehead atoms. The topological polar surface area (TPSA) is 59.6 Å². The van der Waals surface area contributed by atoms with Gasteiger partial charge in [0.05, 0.1) is 14.2 Å². The third-order valence-corrected chi connectivity index (χ3v) is 4.50. The van der Waals surface area contributed by atoms with Crippen LogP contribution < -0.4 is 20.1 Å². The zero-order valence-electron chi connectivity index (χ0n) is 14.8. The molecule has 2 aromatic carbocycles. The average Bonchev–Trinajstić information content (AvgIpc) is 2.66. The first-order valence-electron chi connectivity index (χ1n) is 8.01. The molecule has 2 N–H and O–H groups in total. The number of rotatable bonds is 8. The maximum atomic E-state index is 11.9. The van der Waals surface area contributed by atoms with E-state index >= 15 is 0 Å². The minimum Gasteiger partial charge on any atom is -0.493 e. The Kier molecular flexibility index (Phi) is 7.47. The van der Waals surface area contributed by atoms with Gasteiger partial charge in [0.1, 0.15) is 0 Å². The first-order chi connectivity index (χ1) is 12.2. The van der Waals surface area contributed by atoms with Gasteiger partial charge in [-0.05, 0) is 48.1 Å². The Morgan fingerprint density at radius 2 is 1.64 bits per heavy atom. The molecule has 0 unspecified atom stereocenters. The monoisotopic (exact) mass is 360 g/mol. The van der Waals surface area contributed by atoms with Gasteiger partial charge in [0, 0.05) is 18.0 Å². The standard InChI is InChI=1S/C19H24N2O3S/c1-23-17-9-6-14(12-18(17)24-2)10-11-20-19(22)21-13-15-4-7-16(25-3)8-5-15/h4-9,12H,10-11,13H2,1-3H3,(H2,20,21,22). The van der Waals surface area contributed by atoms with E-state index in [9.17, 15) is 4.79 Å². The van der Waals surface area contributed by atoms with Crippen molar-refractivity contribution < 1.29 is 14.3 Å². The highest BCUT2D eigenvalue weighted by Crippen LogP contribution is 2.27. The number of amides is 2. The normalized spacial score (nSPS) is 10.2. The van der Waals surface area contributed by atoms with E-state index in [0.717, 1.165) is 17.5 Å². The summed E-state index contributed by atoms with van der Waals surface area (Å²) in [6.07, 6.45) is 2.76. The molecule has 2 amide bonds. The third kappa shape index (κ3) is 5.90. The van der Waals surface area contributed by atoms with Crippen LogP contribution in [0.4, 0.5) is 4.79 Å². The van der Waals surface area contributed by atoms with Crippen molar-refractivity contribution in [1.29, 1.82) is 0 Å². The van der Waals surface area contributed by atoms with Crippen LogP contribution in [0.15, 0.2) is 47.4 Å². The van der Waals surface area contributed by atoms with Crippen molar-refractivity contribution in [3.05, 3.63) is 53.6 Å². The smallest absolute Gasteiger partial charge is 0.315 e. The molecule has 2 rings (SSSR count). The van der Waals surface area contributed by atoms with Gasteiger partial charge in [-0.1, -0.05) is 18.2 Å².